The van der Waals surface area contributed by atoms with E-state index in [9.17, 15) is 22.4 Å². The van der Waals surface area contributed by atoms with Crippen molar-refractivity contribution in [2.75, 3.05) is 35.8 Å². The van der Waals surface area contributed by atoms with E-state index in [0.717, 1.165) is 0 Å². The Morgan fingerprint density at radius 1 is 0.878 bits per heavy atom. The van der Waals surface area contributed by atoms with E-state index in [1.54, 1.807) is 59.5 Å². The minimum atomic E-state index is -3.88. The first kappa shape index (κ1) is 27.9. The van der Waals surface area contributed by atoms with Crippen LogP contribution >= 0.6 is 0 Å². The number of halogens is 1. The lowest BCUT2D eigenvalue weighted by Crippen LogP contribution is -2.35. The summed E-state index contributed by atoms with van der Waals surface area (Å²) < 4.78 is 47.1. The van der Waals surface area contributed by atoms with Crippen LogP contribution in [0, 0.1) is 5.82 Å². The van der Waals surface area contributed by atoms with Crippen molar-refractivity contribution in [2.24, 2.45) is 0 Å². The molecule has 1 aliphatic heterocycles. The van der Waals surface area contributed by atoms with Crippen LogP contribution in [-0.4, -0.2) is 51.3 Å². The molecule has 0 saturated carbocycles. The van der Waals surface area contributed by atoms with Gasteiger partial charge in [0.2, 0.25) is 0 Å². The van der Waals surface area contributed by atoms with Crippen LogP contribution < -0.4 is 14.9 Å². The molecule has 1 aromatic heterocycles. The molecule has 0 aliphatic carbocycles. The zero-order valence-electron chi connectivity index (χ0n) is 22.1. The zero-order valence-corrected chi connectivity index (χ0v) is 22.9. The molecule has 11 heteroatoms. The summed E-state index contributed by atoms with van der Waals surface area (Å²) in [7, 11) is -3.88. The van der Waals surface area contributed by atoms with Gasteiger partial charge in [-0.25, -0.2) is 12.8 Å². The fourth-order valence-corrected chi connectivity index (χ4v) is 5.74. The molecule has 5 rings (SSSR count). The Hall–Kier alpha value is -4.64. The van der Waals surface area contributed by atoms with Crippen molar-refractivity contribution < 1.29 is 26.8 Å². The fourth-order valence-electron chi connectivity index (χ4n) is 4.67. The molecule has 2 N–H and O–H groups in total. The SMILES string of the molecule is O=C(NCc1ccc(F)cc1)c1cc(NS(=O)(=O)c2ccccc2)ccc1N1CCCN(C(=O)c2ccco2)CC1. The number of hydrogen-bond donors (Lipinski definition) is 2. The molecule has 1 aliphatic rings. The average Bonchev–Trinajstić information content (AvgIpc) is 3.42. The third-order valence-electron chi connectivity index (χ3n) is 6.77. The van der Waals surface area contributed by atoms with Crippen LogP contribution in [0.1, 0.15) is 32.9 Å². The van der Waals surface area contributed by atoms with Gasteiger partial charge in [0.1, 0.15) is 5.82 Å². The van der Waals surface area contributed by atoms with Crippen molar-refractivity contribution in [1.29, 1.82) is 0 Å². The molecule has 0 radical (unpaired) electrons. The van der Waals surface area contributed by atoms with Gasteiger partial charge in [-0.3, -0.25) is 14.3 Å². The van der Waals surface area contributed by atoms with Crippen LogP contribution in [0.4, 0.5) is 15.8 Å². The lowest BCUT2D eigenvalue weighted by atomic mass is 10.1. The fraction of sp³-hybridized carbons (Fsp3) is 0.200. The molecule has 0 bridgehead atoms. The van der Waals surface area contributed by atoms with Crippen LogP contribution in [0.5, 0.6) is 0 Å². The van der Waals surface area contributed by atoms with Gasteiger partial charge in [0.15, 0.2) is 5.76 Å². The van der Waals surface area contributed by atoms with E-state index < -0.39 is 15.9 Å². The number of anilines is 2. The number of nitrogens with zero attached hydrogens (tertiary/aromatic N) is 2. The van der Waals surface area contributed by atoms with Crippen molar-refractivity contribution >= 4 is 33.2 Å². The van der Waals surface area contributed by atoms with Gasteiger partial charge in [-0.15, -0.1) is 0 Å². The van der Waals surface area contributed by atoms with Gasteiger partial charge in [0.25, 0.3) is 21.8 Å². The number of carbonyl (C=O) groups excluding carboxylic acids is 2. The largest absolute Gasteiger partial charge is 0.459 e. The molecule has 212 valence electrons. The quantitative estimate of drug-likeness (QED) is 0.320. The van der Waals surface area contributed by atoms with Crippen molar-refractivity contribution in [3.05, 3.63) is 114 Å². The second-order valence-corrected chi connectivity index (χ2v) is 11.3. The van der Waals surface area contributed by atoms with Crippen molar-refractivity contribution in [1.82, 2.24) is 10.2 Å². The Bertz CT molecular complexity index is 1610. The maximum Gasteiger partial charge on any atom is 0.289 e. The number of amides is 2. The van der Waals surface area contributed by atoms with E-state index in [0.29, 0.717) is 43.9 Å². The van der Waals surface area contributed by atoms with E-state index in [-0.39, 0.29) is 40.2 Å². The molecular weight excluding hydrogens is 547 g/mol. The number of nitrogens with one attached hydrogen (secondary N) is 2. The number of furan rings is 1. The highest BCUT2D eigenvalue weighted by Crippen LogP contribution is 2.28. The Balaban J connectivity index is 1.39. The van der Waals surface area contributed by atoms with Gasteiger partial charge < -0.3 is 19.5 Å². The summed E-state index contributed by atoms with van der Waals surface area (Å²) in [5.41, 5.74) is 1.82. The lowest BCUT2D eigenvalue weighted by Gasteiger charge is -2.26. The minimum Gasteiger partial charge on any atom is -0.459 e. The second kappa shape index (κ2) is 12.3. The number of sulfonamides is 1. The van der Waals surface area contributed by atoms with E-state index >= 15 is 0 Å². The topological polar surface area (TPSA) is 112 Å². The molecule has 2 amide bonds. The van der Waals surface area contributed by atoms with Gasteiger partial charge in [-0.1, -0.05) is 30.3 Å². The van der Waals surface area contributed by atoms with Crippen LogP contribution in [0.2, 0.25) is 0 Å². The van der Waals surface area contributed by atoms with E-state index in [1.807, 2.05) is 4.90 Å². The number of rotatable bonds is 8. The Morgan fingerprint density at radius 2 is 1.66 bits per heavy atom. The first-order valence-corrected chi connectivity index (χ1v) is 14.6. The Labute approximate surface area is 237 Å². The molecule has 0 unspecified atom stereocenters. The highest BCUT2D eigenvalue weighted by Gasteiger charge is 2.25. The average molecular weight is 577 g/mol. The number of benzene rings is 3. The van der Waals surface area contributed by atoms with Gasteiger partial charge in [0.05, 0.1) is 16.7 Å². The standard InChI is InChI=1S/C30H29FN4O5S/c31-23-11-9-22(10-12-23)21-32-29(36)26-20-24(33-41(38,39)25-6-2-1-3-7-25)13-14-27(26)34-15-5-16-35(18-17-34)30(37)28-8-4-19-40-28/h1-4,6-14,19-20,33H,5,15-18,21H2,(H,32,36). The van der Waals surface area contributed by atoms with E-state index in [2.05, 4.69) is 10.0 Å². The second-order valence-electron chi connectivity index (χ2n) is 9.57. The molecule has 4 aromatic rings. The Morgan fingerprint density at radius 3 is 2.39 bits per heavy atom. The Kier molecular flexibility index (Phi) is 8.34. The maximum atomic E-state index is 13.5. The summed E-state index contributed by atoms with van der Waals surface area (Å²) in [4.78, 5) is 30.1. The summed E-state index contributed by atoms with van der Waals surface area (Å²) in [5.74, 6) is -0.714. The monoisotopic (exact) mass is 576 g/mol. The van der Waals surface area contributed by atoms with Gasteiger partial charge in [-0.2, -0.15) is 0 Å². The van der Waals surface area contributed by atoms with Crippen LogP contribution in [0.3, 0.4) is 0 Å². The molecule has 1 saturated heterocycles. The molecule has 41 heavy (non-hydrogen) atoms. The number of hydrogen-bond acceptors (Lipinski definition) is 6. The molecule has 0 atom stereocenters. The summed E-state index contributed by atoms with van der Waals surface area (Å²) in [5, 5.41) is 2.85. The molecule has 3 aromatic carbocycles. The smallest absolute Gasteiger partial charge is 0.289 e. The molecule has 0 spiro atoms. The summed E-state index contributed by atoms with van der Waals surface area (Å²) in [6.45, 7) is 2.13. The van der Waals surface area contributed by atoms with Crippen LogP contribution in [-0.2, 0) is 16.6 Å². The van der Waals surface area contributed by atoms with Crippen molar-refractivity contribution in [2.45, 2.75) is 17.9 Å². The predicted octanol–water partition coefficient (Wildman–Crippen LogP) is 4.50. The van der Waals surface area contributed by atoms with Crippen LogP contribution in [0.25, 0.3) is 0 Å². The normalized spacial score (nSPS) is 13.9. The summed E-state index contributed by atoms with van der Waals surface area (Å²) >= 11 is 0. The molecule has 2 heterocycles. The van der Waals surface area contributed by atoms with E-state index in [1.165, 1.54) is 36.6 Å². The zero-order chi connectivity index (χ0) is 28.8. The van der Waals surface area contributed by atoms with Gasteiger partial charge in [0, 0.05) is 44.1 Å². The molecular formula is C30H29FN4O5S. The number of carbonyl (C=O) groups is 2. The van der Waals surface area contributed by atoms with Crippen molar-refractivity contribution in [3.8, 4) is 0 Å². The van der Waals surface area contributed by atoms with Gasteiger partial charge in [-0.05, 0) is 66.6 Å². The first-order chi connectivity index (χ1) is 19.8. The highest BCUT2D eigenvalue weighted by molar-refractivity contribution is 7.92. The maximum absolute atomic E-state index is 13.5. The predicted molar refractivity (Wildman–Crippen MR) is 153 cm³/mol. The first-order valence-electron chi connectivity index (χ1n) is 13.1. The molecule has 1 fully saturated rings. The summed E-state index contributed by atoms with van der Waals surface area (Å²) in [6.07, 6.45) is 2.12. The lowest BCUT2D eigenvalue weighted by molar-refractivity contribution is 0.0734. The minimum absolute atomic E-state index is 0.0974. The third kappa shape index (κ3) is 6.75. The van der Waals surface area contributed by atoms with Crippen LogP contribution in [0.15, 0.2) is 101 Å². The summed E-state index contributed by atoms with van der Waals surface area (Å²) in [6, 6.07) is 21.9. The highest BCUT2D eigenvalue weighted by atomic mass is 32.2. The molecule has 9 nitrogen and oxygen atoms in total. The van der Waals surface area contributed by atoms with Crippen molar-refractivity contribution in [3.63, 3.8) is 0 Å². The van der Waals surface area contributed by atoms with Gasteiger partial charge >= 0.3 is 0 Å². The van der Waals surface area contributed by atoms with E-state index in [4.69, 9.17) is 4.42 Å². The third-order valence-corrected chi connectivity index (χ3v) is 8.17.